The largest absolute Gasteiger partial charge is 0.494 e. The Kier molecular flexibility index (Phi) is 4.68. The van der Waals surface area contributed by atoms with Crippen LogP contribution in [0.4, 0.5) is 8.78 Å². The molecule has 0 amide bonds. The van der Waals surface area contributed by atoms with Gasteiger partial charge in [0.25, 0.3) is 0 Å². The first-order chi connectivity index (χ1) is 10.1. The highest BCUT2D eigenvalue weighted by atomic mass is 19.2. The van der Waals surface area contributed by atoms with Crippen LogP contribution in [0.3, 0.4) is 0 Å². The van der Waals surface area contributed by atoms with Crippen LogP contribution in [0.2, 0.25) is 0 Å². The van der Waals surface area contributed by atoms with Gasteiger partial charge in [0.2, 0.25) is 5.82 Å². The van der Waals surface area contributed by atoms with Crippen LogP contribution in [0.5, 0.6) is 5.75 Å². The van der Waals surface area contributed by atoms with Gasteiger partial charge in [-0.05, 0) is 24.1 Å². The molecule has 0 N–H and O–H groups in total. The Morgan fingerprint density at radius 3 is 2.43 bits per heavy atom. The molecule has 0 aliphatic rings. The third kappa shape index (κ3) is 3.10. The second kappa shape index (κ2) is 6.48. The van der Waals surface area contributed by atoms with Crippen molar-refractivity contribution in [3.05, 3.63) is 65.2 Å². The molecule has 1 atom stereocenters. The third-order valence-corrected chi connectivity index (χ3v) is 3.43. The van der Waals surface area contributed by atoms with Crippen LogP contribution in [-0.2, 0) is 0 Å². The lowest BCUT2D eigenvalue weighted by Gasteiger charge is -2.15. The summed E-state index contributed by atoms with van der Waals surface area (Å²) in [5.74, 6) is -3.06. The molecule has 0 saturated heterocycles. The van der Waals surface area contributed by atoms with Crippen molar-refractivity contribution in [2.45, 2.75) is 19.3 Å². The predicted octanol–water partition coefficient (Wildman–Crippen LogP) is 4.35. The number of ether oxygens (including phenoxy) is 1. The summed E-state index contributed by atoms with van der Waals surface area (Å²) in [5.41, 5.74) is 0.968. The van der Waals surface area contributed by atoms with E-state index >= 15 is 0 Å². The van der Waals surface area contributed by atoms with Crippen LogP contribution in [0.15, 0.2) is 42.5 Å². The molecule has 0 aliphatic heterocycles. The molecule has 4 heteroatoms. The van der Waals surface area contributed by atoms with E-state index < -0.39 is 11.6 Å². The monoisotopic (exact) mass is 290 g/mol. The molecular weight excluding hydrogens is 274 g/mol. The standard InChI is InChI=1S/C17H16F2O2/c1-3-13(11-7-5-4-6-8-11)17(20)12-9-14(18)16(19)15(10-12)21-2/h4-10,13H,3H2,1-2H3. The Morgan fingerprint density at radius 2 is 1.86 bits per heavy atom. The second-order valence-corrected chi connectivity index (χ2v) is 4.71. The Balaban J connectivity index is 2.41. The maximum absolute atomic E-state index is 13.5. The summed E-state index contributed by atoms with van der Waals surface area (Å²) in [4.78, 5) is 12.6. The van der Waals surface area contributed by atoms with E-state index in [-0.39, 0.29) is 23.0 Å². The lowest BCUT2D eigenvalue weighted by atomic mass is 9.88. The van der Waals surface area contributed by atoms with Crippen molar-refractivity contribution in [2.24, 2.45) is 0 Å². The first kappa shape index (κ1) is 15.2. The minimum absolute atomic E-state index is 0.112. The van der Waals surface area contributed by atoms with Crippen LogP contribution in [-0.4, -0.2) is 12.9 Å². The third-order valence-electron chi connectivity index (χ3n) is 3.43. The Bertz CT molecular complexity index is 639. The molecule has 2 aromatic carbocycles. The minimum atomic E-state index is -1.08. The van der Waals surface area contributed by atoms with Gasteiger partial charge >= 0.3 is 0 Å². The van der Waals surface area contributed by atoms with Crippen molar-refractivity contribution in [1.82, 2.24) is 0 Å². The Labute approximate surface area is 122 Å². The molecule has 2 nitrogen and oxygen atoms in total. The van der Waals surface area contributed by atoms with E-state index in [2.05, 4.69) is 0 Å². The molecule has 0 spiro atoms. The molecule has 0 bridgehead atoms. The highest BCUT2D eigenvalue weighted by Crippen LogP contribution is 2.28. The van der Waals surface area contributed by atoms with Crippen LogP contribution in [0.1, 0.15) is 35.2 Å². The van der Waals surface area contributed by atoms with Gasteiger partial charge in [0.05, 0.1) is 7.11 Å². The van der Waals surface area contributed by atoms with Crippen molar-refractivity contribution < 1.29 is 18.3 Å². The van der Waals surface area contributed by atoms with E-state index in [1.807, 2.05) is 37.3 Å². The van der Waals surface area contributed by atoms with Crippen LogP contribution >= 0.6 is 0 Å². The van der Waals surface area contributed by atoms with Gasteiger partial charge in [-0.1, -0.05) is 37.3 Å². The molecule has 0 heterocycles. The summed E-state index contributed by atoms with van der Waals surface area (Å²) in [6, 6.07) is 11.4. The average Bonchev–Trinajstić information content (AvgIpc) is 2.51. The number of hydrogen-bond acceptors (Lipinski definition) is 2. The van der Waals surface area contributed by atoms with E-state index in [1.165, 1.54) is 13.2 Å². The van der Waals surface area contributed by atoms with Gasteiger partial charge in [-0.3, -0.25) is 4.79 Å². The zero-order chi connectivity index (χ0) is 15.4. The molecular formula is C17H16F2O2. The molecule has 110 valence electrons. The minimum Gasteiger partial charge on any atom is -0.494 e. The van der Waals surface area contributed by atoms with Gasteiger partial charge in [0, 0.05) is 11.5 Å². The van der Waals surface area contributed by atoms with Crippen LogP contribution < -0.4 is 4.74 Å². The summed E-state index contributed by atoms with van der Waals surface area (Å²) in [6.45, 7) is 1.88. The van der Waals surface area contributed by atoms with Gasteiger partial charge in [0.15, 0.2) is 17.3 Å². The topological polar surface area (TPSA) is 26.3 Å². The second-order valence-electron chi connectivity index (χ2n) is 4.71. The fourth-order valence-corrected chi connectivity index (χ4v) is 2.31. The molecule has 1 unspecified atom stereocenters. The molecule has 2 rings (SSSR count). The van der Waals surface area contributed by atoms with Gasteiger partial charge in [-0.25, -0.2) is 4.39 Å². The lowest BCUT2D eigenvalue weighted by Crippen LogP contribution is -2.13. The molecule has 0 fully saturated rings. The maximum atomic E-state index is 13.5. The highest BCUT2D eigenvalue weighted by Gasteiger charge is 2.23. The smallest absolute Gasteiger partial charge is 0.200 e. The lowest BCUT2D eigenvalue weighted by molar-refractivity contribution is 0.0956. The molecule has 0 aromatic heterocycles. The number of Topliss-reactive ketones (excluding diaryl/α,β-unsaturated/α-hetero) is 1. The number of halogens is 2. The van der Waals surface area contributed by atoms with E-state index in [4.69, 9.17) is 4.74 Å². The molecule has 21 heavy (non-hydrogen) atoms. The average molecular weight is 290 g/mol. The summed E-state index contributed by atoms with van der Waals surface area (Å²) in [7, 11) is 1.24. The van der Waals surface area contributed by atoms with E-state index in [9.17, 15) is 13.6 Å². The predicted molar refractivity (Wildman–Crippen MR) is 76.7 cm³/mol. The van der Waals surface area contributed by atoms with Gasteiger partial charge in [-0.2, -0.15) is 4.39 Å². The number of methoxy groups -OCH3 is 1. The quantitative estimate of drug-likeness (QED) is 0.765. The van der Waals surface area contributed by atoms with Crippen LogP contribution in [0, 0.1) is 11.6 Å². The van der Waals surface area contributed by atoms with Crippen LogP contribution in [0.25, 0.3) is 0 Å². The van der Waals surface area contributed by atoms with E-state index in [1.54, 1.807) is 0 Å². The Morgan fingerprint density at radius 1 is 1.19 bits per heavy atom. The van der Waals surface area contributed by atoms with Crippen molar-refractivity contribution in [1.29, 1.82) is 0 Å². The first-order valence-electron chi connectivity index (χ1n) is 6.70. The van der Waals surface area contributed by atoms with Gasteiger partial charge in [0.1, 0.15) is 0 Å². The number of benzene rings is 2. The molecule has 0 radical (unpaired) electrons. The zero-order valence-corrected chi connectivity index (χ0v) is 11.9. The summed E-state index contributed by atoms with van der Waals surface area (Å²) < 4.78 is 31.8. The van der Waals surface area contributed by atoms with E-state index in [0.717, 1.165) is 11.6 Å². The molecule has 2 aromatic rings. The number of carbonyl (C=O) groups excluding carboxylic acids is 1. The number of rotatable bonds is 5. The Hall–Kier alpha value is -2.23. The SMILES string of the molecule is CCC(C(=O)c1cc(F)c(F)c(OC)c1)c1ccccc1. The number of ketones is 1. The van der Waals surface area contributed by atoms with Crippen molar-refractivity contribution in [3.63, 3.8) is 0 Å². The maximum Gasteiger partial charge on any atom is 0.200 e. The molecule has 0 saturated carbocycles. The van der Waals surface area contributed by atoms with Crippen molar-refractivity contribution in [2.75, 3.05) is 7.11 Å². The van der Waals surface area contributed by atoms with Crippen molar-refractivity contribution >= 4 is 5.78 Å². The summed E-state index contributed by atoms with van der Waals surface area (Å²) in [5, 5.41) is 0. The normalized spacial score (nSPS) is 12.0. The fourth-order valence-electron chi connectivity index (χ4n) is 2.31. The first-order valence-corrected chi connectivity index (χ1v) is 6.70. The molecule has 0 aliphatic carbocycles. The number of hydrogen-bond donors (Lipinski definition) is 0. The fraction of sp³-hybridized carbons (Fsp3) is 0.235. The van der Waals surface area contributed by atoms with Gasteiger partial charge < -0.3 is 4.74 Å². The highest BCUT2D eigenvalue weighted by molar-refractivity contribution is 6.01. The summed E-state index contributed by atoms with van der Waals surface area (Å²) in [6.07, 6.45) is 0.574. The zero-order valence-electron chi connectivity index (χ0n) is 11.9. The van der Waals surface area contributed by atoms with E-state index in [0.29, 0.717) is 6.42 Å². The van der Waals surface area contributed by atoms with Crippen molar-refractivity contribution in [3.8, 4) is 5.75 Å². The summed E-state index contributed by atoms with van der Waals surface area (Å²) >= 11 is 0. The number of carbonyl (C=O) groups is 1. The van der Waals surface area contributed by atoms with Gasteiger partial charge in [-0.15, -0.1) is 0 Å².